The van der Waals surface area contributed by atoms with Crippen molar-refractivity contribution in [3.05, 3.63) is 29.0 Å². The summed E-state index contributed by atoms with van der Waals surface area (Å²) in [6.07, 6.45) is 6.94. The van der Waals surface area contributed by atoms with Gasteiger partial charge >= 0.3 is 0 Å². The van der Waals surface area contributed by atoms with E-state index in [1.165, 1.54) is 18.7 Å². The second-order valence-electron chi connectivity index (χ2n) is 7.50. The monoisotopic (exact) mass is 365 g/mol. The van der Waals surface area contributed by atoms with Crippen molar-refractivity contribution >= 4 is 23.4 Å². The van der Waals surface area contributed by atoms with Crippen molar-refractivity contribution in [2.75, 3.05) is 6.54 Å². The lowest BCUT2D eigenvalue weighted by atomic mass is 9.69. The summed E-state index contributed by atoms with van der Waals surface area (Å²) in [6, 6.07) is 3.28. The summed E-state index contributed by atoms with van der Waals surface area (Å²) >= 11 is 5.84. The second kappa shape index (κ2) is 8.65. The van der Waals surface area contributed by atoms with Crippen molar-refractivity contribution in [3.8, 4) is 0 Å². The highest BCUT2D eigenvalue weighted by atomic mass is 35.5. The number of nitrogens with zero attached hydrogens (tertiary/aromatic N) is 1. The van der Waals surface area contributed by atoms with Gasteiger partial charge in [-0.05, 0) is 49.1 Å². The molecule has 0 aromatic carbocycles. The lowest BCUT2D eigenvalue weighted by Gasteiger charge is -2.39. The van der Waals surface area contributed by atoms with Crippen LogP contribution in [0, 0.1) is 11.3 Å². The van der Waals surface area contributed by atoms with E-state index in [-0.39, 0.29) is 24.2 Å². The number of pyridine rings is 1. The molecular formula is C19H28ClN3O2. The van der Waals surface area contributed by atoms with Crippen LogP contribution in [0.5, 0.6) is 0 Å². The van der Waals surface area contributed by atoms with Crippen molar-refractivity contribution in [3.63, 3.8) is 0 Å². The van der Waals surface area contributed by atoms with Crippen molar-refractivity contribution < 1.29 is 9.59 Å². The molecule has 0 aliphatic heterocycles. The molecule has 0 radical (unpaired) electrons. The SMILES string of the molecule is CCC(C)(C)C1CCC(NC(=O)CNC(=O)c2cc(Cl)ccn2)CC1. The largest absolute Gasteiger partial charge is 0.352 e. The fraction of sp³-hybridized carbons (Fsp3) is 0.632. The summed E-state index contributed by atoms with van der Waals surface area (Å²) in [4.78, 5) is 28.0. The molecule has 1 aliphatic carbocycles. The van der Waals surface area contributed by atoms with Crippen molar-refractivity contribution in [2.24, 2.45) is 11.3 Å². The molecule has 1 aliphatic rings. The number of amides is 2. The molecule has 0 bridgehead atoms. The van der Waals surface area contributed by atoms with Crippen LogP contribution in [0.3, 0.4) is 0 Å². The first-order valence-electron chi connectivity index (χ1n) is 9.01. The van der Waals surface area contributed by atoms with Gasteiger partial charge in [0.15, 0.2) is 0 Å². The van der Waals surface area contributed by atoms with E-state index in [2.05, 4.69) is 36.4 Å². The van der Waals surface area contributed by atoms with Gasteiger partial charge in [0, 0.05) is 17.3 Å². The Hall–Kier alpha value is -1.62. The molecule has 2 rings (SSSR count). The summed E-state index contributed by atoms with van der Waals surface area (Å²) in [5.41, 5.74) is 0.579. The van der Waals surface area contributed by atoms with Gasteiger partial charge in [-0.1, -0.05) is 38.8 Å². The van der Waals surface area contributed by atoms with Crippen LogP contribution in [0.15, 0.2) is 18.3 Å². The molecule has 1 aromatic rings. The van der Waals surface area contributed by atoms with Gasteiger partial charge < -0.3 is 10.6 Å². The van der Waals surface area contributed by atoms with E-state index >= 15 is 0 Å². The first-order valence-corrected chi connectivity index (χ1v) is 9.38. The number of carbonyl (C=O) groups is 2. The minimum Gasteiger partial charge on any atom is -0.352 e. The zero-order valence-electron chi connectivity index (χ0n) is 15.3. The number of aromatic nitrogens is 1. The third-order valence-electron chi connectivity index (χ3n) is 5.47. The van der Waals surface area contributed by atoms with Crippen LogP contribution in [0.4, 0.5) is 0 Å². The van der Waals surface area contributed by atoms with Gasteiger partial charge in [0.1, 0.15) is 5.69 Å². The molecule has 1 saturated carbocycles. The minimum atomic E-state index is -0.397. The Morgan fingerprint density at radius 3 is 2.56 bits per heavy atom. The van der Waals surface area contributed by atoms with Crippen LogP contribution in [-0.2, 0) is 4.79 Å². The summed E-state index contributed by atoms with van der Waals surface area (Å²) < 4.78 is 0. The summed E-state index contributed by atoms with van der Waals surface area (Å²) in [7, 11) is 0. The predicted octanol–water partition coefficient (Wildman–Crippen LogP) is 3.58. The number of hydrogen-bond donors (Lipinski definition) is 2. The third-order valence-corrected chi connectivity index (χ3v) is 5.71. The maximum atomic E-state index is 12.1. The molecule has 1 fully saturated rings. The first-order chi connectivity index (χ1) is 11.8. The van der Waals surface area contributed by atoms with Crippen LogP contribution < -0.4 is 10.6 Å². The van der Waals surface area contributed by atoms with Crippen molar-refractivity contribution in [1.82, 2.24) is 15.6 Å². The third kappa shape index (κ3) is 5.70. The van der Waals surface area contributed by atoms with E-state index in [0.717, 1.165) is 31.6 Å². The van der Waals surface area contributed by atoms with Crippen molar-refractivity contribution in [2.45, 2.75) is 58.9 Å². The Morgan fingerprint density at radius 2 is 1.96 bits per heavy atom. The fourth-order valence-corrected chi connectivity index (χ4v) is 3.53. The topological polar surface area (TPSA) is 71.1 Å². The molecule has 2 amide bonds. The number of rotatable bonds is 6. The zero-order chi connectivity index (χ0) is 18.4. The molecular weight excluding hydrogens is 338 g/mol. The Labute approximate surface area is 154 Å². The fourth-order valence-electron chi connectivity index (χ4n) is 3.37. The maximum absolute atomic E-state index is 12.1. The second-order valence-corrected chi connectivity index (χ2v) is 7.94. The van der Waals surface area contributed by atoms with Crippen LogP contribution in [0.25, 0.3) is 0 Å². The molecule has 1 aromatic heterocycles. The van der Waals surface area contributed by atoms with Crippen LogP contribution in [-0.4, -0.2) is 29.4 Å². The van der Waals surface area contributed by atoms with Crippen LogP contribution in [0.2, 0.25) is 5.02 Å². The molecule has 25 heavy (non-hydrogen) atoms. The van der Waals surface area contributed by atoms with Gasteiger partial charge in [-0.3, -0.25) is 14.6 Å². The Kier molecular flexibility index (Phi) is 6.82. The van der Waals surface area contributed by atoms with Crippen LogP contribution >= 0.6 is 11.6 Å². The highest BCUT2D eigenvalue weighted by molar-refractivity contribution is 6.30. The summed E-state index contributed by atoms with van der Waals surface area (Å²) in [5.74, 6) is 0.166. The highest BCUT2D eigenvalue weighted by Crippen LogP contribution is 2.40. The minimum absolute atomic E-state index is 0.0482. The normalized spacial score (nSPS) is 20.8. The van der Waals surface area contributed by atoms with Gasteiger partial charge in [0.05, 0.1) is 6.54 Å². The first kappa shape index (κ1) is 19.7. The predicted molar refractivity (Wildman–Crippen MR) is 99.5 cm³/mol. The Balaban J connectivity index is 1.74. The number of hydrogen-bond acceptors (Lipinski definition) is 3. The van der Waals surface area contributed by atoms with E-state index in [1.807, 2.05) is 0 Å². The average Bonchev–Trinajstić information content (AvgIpc) is 2.60. The molecule has 138 valence electrons. The van der Waals surface area contributed by atoms with E-state index in [1.54, 1.807) is 6.07 Å². The number of carbonyl (C=O) groups excluding carboxylic acids is 2. The molecule has 0 spiro atoms. The van der Waals surface area contributed by atoms with E-state index in [9.17, 15) is 9.59 Å². The van der Waals surface area contributed by atoms with Gasteiger partial charge in [0.2, 0.25) is 5.91 Å². The van der Waals surface area contributed by atoms with E-state index in [4.69, 9.17) is 11.6 Å². The highest BCUT2D eigenvalue weighted by Gasteiger charge is 2.32. The number of nitrogens with one attached hydrogen (secondary N) is 2. The van der Waals surface area contributed by atoms with Gasteiger partial charge in [-0.25, -0.2) is 0 Å². The molecule has 0 atom stereocenters. The average molecular weight is 366 g/mol. The summed E-state index contributed by atoms with van der Waals surface area (Å²) in [5, 5.41) is 6.05. The lowest BCUT2D eigenvalue weighted by molar-refractivity contribution is -0.121. The van der Waals surface area contributed by atoms with E-state index in [0.29, 0.717) is 10.4 Å². The number of halogens is 1. The van der Waals surface area contributed by atoms with Gasteiger partial charge in [0.25, 0.3) is 5.91 Å². The molecule has 2 N–H and O–H groups in total. The standard InChI is InChI=1S/C19H28ClN3O2/c1-4-19(2,3)13-5-7-15(8-6-13)23-17(24)12-22-18(25)16-11-14(20)9-10-21-16/h9-11,13,15H,4-8,12H2,1-3H3,(H,22,25)(H,23,24). The van der Waals surface area contributed by atoms with Crippen molar-refractivity contribution in [1.29, 1.82) is 0 Å². The molecule has 1 heterocycles. The Bertz CT molecular complexity index is 610. The summed E-state index contributed by atoms with van der Waals surface area (Å²) in [6.45, 7) is 6.85. The lowest BCUT2D eigenvalue weighted by Crippen LogP contribution is -2.44. The molecule has 0 unspecified atom stereocenters. The van der Waals surface area contributed by atoms with Gasteiger partial charge in [-0.2, -0.15) is 0 Å². The van der Waals surface area contributed by atoms with Crippen LogP contribution in [0.1, 0.15) is 63.4 Å². The van der Waals surface area contributed by atoms with E-state index < -0.39 is 5.91 Å². The molecule has 5 nitrogen and oxygen atoms in total. The molecule has 6 heteroatoms. The quantitative estimate of drug-likeness (QED) is 0.809. The molecule has 0 saturated heterocycles. The Morgan fingerprint density at radius 1 is 1.28 bits per heavy atom. The maximum Gasteiger partial charge on any atom is 0.270 e. The smallest absolute Gasteiger partial charge is 0.270 e. The zero-order valence-corrected chi connectivity index (χ0v) is 16.0. The van der Waals surface area contributed by atoms with Gasteiger partial charge in [-0.15, -0.1) is 0 Å².